The van der Waals surface area contributed by atoms with E-state index in [1.54, 1.807) is 12.3 Å². The molecule has 0 bridgehead atoms. The Morgan fingerprint density at radius 3 is 2.58 bits per heavy atom. The SMILES string of the molecule is C=C(c1cc2cnc(Nc3ccc(N4CCNCC4)cc3)nc2n(C2Cc3ccccc3NC2=O)c1=O)C(C)C. The molecule has 2 aliphatic rings. The Morgan fingerprint density at radius 2 is 1.82 bits per heavy atom. The Kier molecular flexibility index (Phi) is 6.81. The number of allylic oxidation sites excluding steroid dienone is 1. The van der Waals surface area contributed by atoms with Crippen LogP contribution in [0.5, 0.6) is 0 Å². The fourth-order valence-corrected chi connectivity index (χ4v) is 5.36. The third-order valence-electron chi connectivity index (χ3n) is 7.72. The average Bonchev–Trinajstić information content (AvgIpc) is 2.97. The number of aromatic nitrogens is 3. The maximum atomic E-state index is 14.0. The number of carbonyl (C=O) groups is 1. The Bertz CT molecular complexity index is 1650. The summed E-state index contributed by atoms with van der Waals surface area (Å²) < 4.78 is 1.52. The second-order valence-corrected chi connectivity index (χ2v) is 10.7. The smallest absolute Gasteiger partial charge is 0.260 e. The van der Waals surface area contributed by atoms with Gasteiger partial charge in [0.1, 0.15) is 11.7 Å². The van der Waals surface area contributed by atoms with E-state index < -0.39 is 6.04 Å². The van der Waals surface area contributed by atoms with Crippen molar-refractivity contribution in [3.63, 3.8) is 0 Å². The average molecular weight is 536 g/mol. The first kappa shape index (κ1) is 25.8. The molecular weight excluding hydrogens is 502 g/mol. The van der Waals surface area contributed by atoms with Crippen molar-refractivity contribution in [2.45, 2.75) is 26.3 Å². The van der Waals surface area contributed by atoms with Crippen LogP contribution in [-0.4, -0.2) is 46.6 Å². The number of piperazine rings is 1. The first-order valence-electron chi connectivity index (χ1n) is 13.7. The zero-order chi connectivity index (χ0) is 27.8. The molecule has 9 nitrogen and oxygen atoms in total. The topological polar surface area (TPSA) is 104 Å². The highest BCUT2D eigenvalue weighted by molar-refractivity contribution is 5.98. The minimum absolute atomic E-state index is 0.0607. The Labute approximate surface area is 233 Å². The second-order valence-electron chi connectivity index (χ2n) is 10.7. The molecule has 1 unspecified atom stereocenters. The molecule has 3 N–H and O–H groups in total. The summed E-state index contributed by atoms with van der Waals surface area (Å²) in [6.45, 7) is 12.1. The van der Waals surface area contributed by atoms with Gasteiger partial charge in [-0.3, -0.25) is 14.2 Å². The number of rotatable bonds is 6. The van der Waals surface area contributed by atoms with Gasteiger partial charge in [0.2, 0.25) is 11.9 Å². The van der Waals surface area contributed by atoms with Gasteiger partial charge in [0.05, 0.1) is 0 Å². The minimum Gasteiger partial charge on any atom is -0.369 e. The summed E-state index contributed by atoms with van der Waals surface area (Å²) in [6.07, 6.45) is 2.08. The van der Waals surface area contributed by atoms with E-state index in [0.717, 1.165) is 43.1 Å². The molecule has 40 heavy (non-hydrogen) atoms. The summed E-state index contributed by atoms with van der Waals surface area (Å²) in [7, 11) is 0. The lowest BCUT2D eigenvalue weighted by atomic mass is 9.95. The van der Waals surface area contributed by atoms with Gasteiger partial charge < -0.3 is 20.9 Å². The first-order valence-corrected chi connectivity index (χ1v) is 13.7. The van der Waals surface area contributed by atoms with Crippen LogP contribution in [0.25, 0.3) is 16.6 Å². The number of nitrogens with one attached hydrogen (secondary N) is 3. The monoisotopic (exact) mass is 535 g/mol. The molecular formula is C31H33N7O2. The summed E-state index contributed by atoms with van der Waals surface area (Å²) in [6, 6.07) is 16.9. The Morgan fingerprint density at radius 1 is 1.07 bits per heavy atom. The van der Waals surface area contributed by atoms with Crippen molar-refractivity contribution in [2.75, 3.05) is 41.7 Å². The van der Waals surface area contributed by atoms with Gasteiger partial charge >= 0.3 is 0 Å². The first-order chi connectivity index (χ1) is 19.4. The summed E-state index contributed by atoms with van der Waals surface area (Å²) >= 11 is 0. The predicted octanol–water partition coefficient (Wildman–Crippen LogP) is 4.35. The van der Waals surface area contributed by atoms with Crippen LogP contribution in [0.3, 0.4) is 0 Å². The van der Waals surface area contributed by atoms with Gasteiger partial charge in [-0.2, -0.15) is 4.98 Å². The van der Waals surface area contributed by atoms with Crippen LogP contribution in [0.15, 0.2) is 72.2 Å². The normalized spacial score (nSPS) is 17.0. The van der Waals surface area contributed by atoms with Gasteiger partial charge in [-0.15, -0.1) is 0 Å². The van der Waals surface area contributed by atoms with Crippen LogP contribution in [0, 0.1) is 5.92 Å². The summed E-state index contributed by atoms with van der Waals surface area (Å²) in [5.74, 6) is 0.166. The molecule has 9 heteroatoms. The van der Waals surface area contributed by atoms with Crippen molar-refractivity contribution in [3.8, 4) is 0 Å². The van der Waals surface area contributed by atoms with Crippen LogP contribution >= 0.6 is 0 Å². The quantitative estimate of drug-likeness (QED) is 0.337. The van der Waals surface area contributed by atoms with E-state index in [9.17, 15) is 9.59 Å². The molecule has 2 aromatic heterocycles. The number of anilines is 4. The number of para-hydroxylation sites is 1. The maximum absolute atomic E-state index is 14.0. The van der Waals surface area contributed by atoms with Crippen molar-refractivity contribution in [1.82, 2.24) is 19.9 Å². The zero-order valence-electron chi connectivity index (χ0n) is 22.8. The zero-order valence-corrected chi connectivity index (χ0v) is 22.8. The van der Waals surface area contributed by atoms with E-state index in [1.807, 2.05) is 50.2 Å². The molecule has 1 fully saturated rings. The van der Waals surface area contributed by atoms with E-state index in [4.69, 9.17) is 4.98 Å². The van der Waals surface area contributed by atoms with Crippen LogP contribution in [0.4, 0.5) is 23.0 Å². The maximum Gasteiger partial charge on any atom is 0.260 e. The lowest BCUT2D eigenvalue weighted by molar-refractivity contribution is -0.119. The number of hydrogen-bond donors (Lipinski definition) is 3. The largest absolute Gasteiger partial charge is 0.369 e. The van der Waals surface area contributed by atoms with Gasteiger partial charge in [0.15, 0.2) is 0 Å². The summed E-state index contributed by atoms with van der Waals surface area (Å²) in [5.41, 5.74) is 5.05. The fraction of sp³-hybridized carbons (Fsp3) is 0.290. The molecule has 2 aromatic carbocycles. The van der Waals surface area contributed by atoms with E-state index in [2.05, 4.69) is 44.5 Å². The molecule has 1 atom stereocenters. The van der Waals surface area contributed by atoms with Crippen molar-refractivity contribution in [2.24, 2.45) is 5.92 Å². The molecule has 0 radical (unpaired) electrons. The highest BCUT2D eigenvalue weighted by Crippen LogP contribution is 2.31. The van der Waals surface area contributed by atoms with Crippen molar-refractivity contribution in [3.05, 3.63) is 88.9 Å². The molecule has 0 spiro atoms. The Balaban J connectivity index is 1.40. The van der Waals surface area contributed by atoms with E-state index in [0.29, 0.717) is 34.5 Å². The number of amides is 1. The highest BCUT2D eigenvalue weighted by atomic mass is 16.2. The second kappa shape index (κ2) is 10.6. The number of nitrogens with zero attached hydrogens (tertiary/aromatic N) is 4. The van der Waals surface area contributed by atoms with Gasteiger partial charge in [0, 0.05) is 66.8 Å². The molecule has 204 valence electrons. The summed E-state index contributed by atoms with van der Waals surface area (Å²) in [4.78, 5) is 39.0. The molecule has 6 rings (SSSR count). The number of benzene rings is 2. The molecule has 0 saturated carbocycles. The molecule has 1 saturated heterocycles. The van der Waals surface area contributed by atoms with Gasteiger partial charge in [-0.1, -0.05) is 38.6 Å². The standard InChI is InChI=1S/C31H33N7O2/c1-19(2)20(3)25-16-22-18-33-31(34-23-8-10-24(11-9-23)37-14-12-32-13-15-37)36-28(22)38(30(25)40)27-17-21-6-4-5-7-26(21)35-29(27)39/h4-11,16,18-19,27,32H,3,12-15,17H2,1-2H3,(H,35,39)(H,33,34,36). The number of carbonyl (C=O) groups excluding carboxylic acids is 1. The highest BCUT2D eigenvalue weighted by Gasteiger charge is 2.31. The van der Waals surface area contributed by atoms with Crippen LogP contribution in [0.2, 0.25) is 0 Å². The fourth-order valence-electron chi connectivity index (χ4n) is 5.36. The molecule has 4 aromatic rings. The predicted molar refractivity (Wildman–Crippen MR) is 160 cm³/mol. The van der Waals surface area contributed by atoms with Crippen LogP contribution in [0.1, 0.15) is 31.0 Å². The third kappa shape index (κ3) is 4.84. The molecule has 4 heterocycles. The number of hydrogen-bond acceptors (Lipinski definition) is 7. The van der Waals surface area contributed by atoms with Crippen molar-refractivity contribution < 1.29 is 4.79 Å². The van der Waals surface area contributed by atoms with Crippen LogP contribution < -0.4 is 26.4 Å². The number of fused-ring (bicyclic) bond motifs is 2. The summed E-state index contributed by atoms with van der Waals surface area (Å²) in [5, 5.41) is 10.3. The third-order valence-corrected chi connectivity index (χ3v) is 7.72. The van der Waals surface area contributed by atoms with Crippen molar-refractivity contribution in [1.29, 1.82) is 0 Å². The lowest BCUT2D eigenvalue weighted by Crippen LogP contribution is -2.43. The van der Waals surface area contributed by atoms with Gasteiger partial charge in [0.25, 0.3) is 5.56 Å². The molecule has 0 aliphatic carbocycles. The Hall–Kier alpha value is -4.50. The van der Waals surface area contributed by atoms with Crippen LogP contribution in [-0.2, 0) is 11.2 Å². The van der Waals surface area contributed by atoms with Crippen molar-refractivity contribution >= 4 is 45.5 Å². The molecule has 2 aliphatic heterocycles. The van der Waals surface area contributed by atoms with E-state index >= 15 is 0 Å². The lowest BCUT2D eigenvalue weighted by Gasteiger charge is -2.29. The minimum atomic E-state index is -0.758. The van der Waals surface area contributed by atoms with Gasteiger partial charge in [-0.05, 0) is 53.5 Å². The van der Waals surface area contributed by atoms with E-state index in [-0.39, 0.29) is 17.4 Å². The van der Waals surface area contributed by atoms with E-state index in [1.165, 1.54) is 10.3 Å². The van der Waals surface area contributed by atoms with Gasteiger partial charge in [-0.25, -0.2) is 4.98 Å². The molecule has 1 amide bonds. The number of pyridine rings is 1.